The molecule has 0 aliphatic carbocycles. The second kappa shape index (κ2) is 8.17. The smallest absolute Gasteiger partial charge is 0.352 e. The van der Waals surface area contributed by atoms with Gasteiger partial charge in [0.1, 0.15) is 0 Å². The van der Waals surface area contributed by atoms with Gasteiger partial charge in [-0.3, -0.25) is 0 Å². The van der Waals surface area contributed by atoms with Gasteiger partial charge in [0.05, 0.1) is 27.7 Å². The molecule has 4 nitrogen and oxygen atoms in total. The van der Waals surface area contributed by atoms with Crippen molar-refractivity contribution in [1.29, 1.82) is 0 Å². The van der Waals surface area contributed by atoms with Crippen molar-refractivity contribution in [2.75, 3.05) is 38.1 Å². The van der Waals surface area contributed by atoms with Crippen LogP contribution in [0.1, 0.15) is 32.8 Å². The van der Waals surface area contributed by atoms with Crippen molar-refractivity contribution >= 4 is 28.8 Å². The van der Waals surface area contributed by atoms with E-state index < -0.39 is 11.7 Å². The molecule has 0 spiro atoms. The first-order valence-corrected chi connectivity index (χ1v) is 11.1. The molecular weight excluding hydrogens is 425 g/mol. The topological polar surface area (TPSA) is 22.1 Å². The molecule has 1 saturated heterocycles. The summed E-state index contributed by atoms with van der Waals surface area (Å²) in [6.07, 6.45) is 0.589. The van der Waals surface area contributed by atoms with E-state index in [0.717, 1.165) is 55.8 Å². The molecule has 2 unspecified atom stereocenters. The molecule has 0 radical (unpaired) electrons. The Morgan fingerprint density at radius 1 is 1.16 bits per heavy atom. The molecule has 8 heteroatoms. The largest absolute Gasteiger partial charge is 0.417 e. The predicted octanol–water partition coefficient (Wildman–Crippen LogP) is 5.92. The SMILES string of the molecule is CCC1C=C2C(N3CCN(C)CC3)=Nc3cc(Cl)c(C(F)(F)F)cc3N2C=C(C)C1C. The highest BCUT2D eigenvalue weighted by atomic mass is 35.5. The molecule has 3 aliphatic rings. The third-order valence-electron chi connectivity index (χ3n) is 6.68. The molecule has 2 atom stereocenters. The van der Waals surface area contributed by atoms with Crippen LogP contribution in [0.4, 0.5) is 24.5 Å². The molecule has 1 aromatic rings. The van der Waals surface area contributed by atoms with Gasteiger partial charge < -0.3 is 14.7 Å². The van der Waals surface area contributed by atoms with Crippen molar-refractivity contribution in [1.82, 2.24) is 9.80 Å². The van der Waals surface area contributed by atoms with Crippen LogP contribution in [0, 0.1) is 11.8 Å². The summed E-state index contributed by atoms with van der Waals surface area (Å²) in [7, 11) is 2.09. The van der Waals surface area contributed by atoms with Gasteiger partial charge in [0.15, 0.2) is 5.84 Å². The van der Waals surface area contributed by atoms with E-state index in [1.807, 2.05) is 18.0 Å². The van der Waals surface area contributed by atoms with Gasteiger partial charge in [0.25, 0.3) is 0 Å². The van der Waals surface area contributed by atoms with E-state index in [2.05, 4.69) is 36.8 Å². The van der Waals surface area contributed by atoms with Gasteiger partial charge in [-0.05, 0) is 44.4 Å². The highest BCUT2D eigenvalue weighted by molar-refractivity contribution is 6.32. The number of amidine groups is 1. The quantitative estimate of drug-likeness (QED) is 0.528. The minimum absolute atomic E-state index is 0.282. The first-order valence-electron chi connectivity index (χ1n) is 10.7. The molecule has 4 rings (SSSR count). The normalized spacial score (nSPS) is 24.7. The Balaban J connectivity index is 1.92. The number of likely N-dealkylation sites (N-methyl/N-ethyl adjacent to an activating group) is 1. The van der Waals surface area contributed by atoms with Crippen LogP contribution in [0.2, 0.25) is 5.02 Å². The number of hydrogen-bond acceptors (Lipinski definition) is 4. The van der Waals surface area contributed by atoms with Crippen molar-refractivity contribution in [3.05, 3.63) is 46.3 Å². The van der Waals surface area contributed by atoms with Gasteiger partial charge in [-0.2, -0.15) is 13.2 Å². The number of rotatable bonds is 1. The van der Waals surface area contributed by atoms with Crippen molar-refractivity contribution in [2.24, 2.45) is 16.8 Å². The Hall–Kier alpha value is -1.99. The van der Waals surface area contributed by atoms with E-state index in [4.69, 9.17) is 16.6 Å². The van der Waals surface area contributed by atoms with Crippen LogP contribution in [0.3, 0.4) is 0 Å². The van der Waals surface area contributed by atoms with Crippen LogP contribution < -0.4 is 4.90 Å². The lowest BCUT2D eigenvalue weighted by Gasteiger charge is -2.39. The van der Waals surface area contributed by atoms with Gasteiger partial charge in [0, 0.05) is 32.4 Å². The van der Waals surface area contributed by atoms with E-state index in [0.29, 0.717) is 11.4 Å². The van der Waals surface area contributed by atoms with Crippen LogP contribution in [0.5, 0.6) is 0 Å². The van der Waals surface area contributed by atoms with Gasteiger partial charge >= 0.3 is 6.18 Å². The molecule has 0 aromatic heterocycles. The number of halogens is 4. The fraction of sp³-hybridized carbons (Fsp3) is 0.522. The fourth-order valence-corrected chi connectivity index (χ4v) is 4.75. The summed E-state index contributed by atoms with van der Waals surface area (Å²) in [5, 5.41) is -0.324. The Morgan fingerprint density at radius 3 is 2.45 bits per heavy atom. The Bertz CT molecular complexity index is 958. The van der Waals surface area contributed by atoms with Crippen molar-refractivity contribution in [2.45, 2.75) is 33.4 Å². The standard InChI is InChI=1S/C23H28ClF3N4/c1-5-16-10-21-22(30-8-6-29(4)7-9-30)28-19-12-18(24)17(23(25,26)27)11-20(19)31(21)13-14(2)15(16)3/h10-13,15-16H,5-9H2,1-4H3. The summed E-state index contributed by atoms with van der Waals surface area (Å²) in [4.78, 5) is 11.2. The Kier molecular flexibility index (Phi) is 5.85. The van der Waals surface area contributed by atoms with Crippen molar-refractivity contribution < 1.29 is 13.2 Å². The zero-order chi connectivity index (χ0) is 22.5. The number of nitrogens with zero attached hydrogens (tertiary/aromatic N) is 4. The first kappa shape index (κ1) is 22.2. The number of benzene rings is 1. The lowest BCUT2D eigenvalue weighted by Crippen LogP contribution is -2.49. The third-order valence-corrected chi connectivity index (χ3v) is 7.00. The fourth-order valence-electron chi connectivity index (χ4n) is 4.48. The summed E-state index contributed by atoms with van der Waals surface area (Å²) in [6.45, 7) is 9.83. The predicted molar refractivity (Wildman–Crippen MR) is 120 cm³/mol. The highest BCUT2D eigenvalue weighted by Crippen LogP contribution is 2.46. The molecule has 31 heavy (non-hydrogen) atoms. The molecule has 1 aromatic carbocycles. The molecule has 3 heterocycles. The lowest BCUT2D eigenvalue weighted by molar-refractivity contribution is -0.137. The number of fused-ring (bicyclic) bond motifs is 3. The summed E-state index contributed by atoms with van der Waals surface area (Å²) >= 11 is 6.05. The Labute approximate surface area is 186 Å². The van der Waals surface area contributed by atoms with Crippen molar-refractivity contribution in [3.63, 3.8) is 0 Å². The molecule has 1 fully saturated rings. The minimum Gasteiger partial charge on any atom is -0.352 e. The maximum Gasteiger partial charge on any atom is 0.417 e. The second-order valence-electron chi connectivity index (χ2n) is 8.70. The summed E-state index contributed by atoms with van der Waals surface area (Å²) < 4.78 is 40.8. The van der Waals surface area contributed by atoms with Crippen LogP contribution in [0.25, 0.3) is 0 Å². The van der Waals surface area contributed by atoms with E-state index in [1.54, 1.807) is 0 Å². The Morgan fingerprint density at radius 2 is 1.84 bits per heavy atom. The molecule has 0 bridgehead atoms. The monoisotopic (exact) mass is 452 g/mol. The zero-order valence-electron chi connectivity index (χ0n) is 18.3. The first-order chi connectivity index (χ1) is 14.6. The molecule has 0 N–H and O–H groups in total. The van der Waals surface area contributed by atoms with Gasteiger partial charge in [-0.1, -0.05) is 37.1 Å². The van der Waals surface area contributed by atoms with Gasteiger partial charge in [-0.15, -0.1) is 0 Å². The number of aliphatic imine (C=N–C) groups is 1. The maximum atomic E-state index is 13.6. The van der Waals surface area contributed by atoms with E-state index in [-0.39, 0.29) is 16.9 Å². The summed E-state index contributed by atoms with van der Waals surface area (Å²) in [5.41, 5.74) is 2.05. The molecule has 3 aliphatic heterocycles. The third kappa shape index (κ3) is 4.10. The average Bonchev–Trinajstić information content (AvgIpc) is 2.83. The highest BCUT2D eigenvalue weighted by Gasteiger charge is 2.38. The van der Waals surface area contributed by atoms with E-state index >= 15 is 0 Å². The molecule has 0 amide bonds. The average molecular weight is 453 g/mol. The van der Waals surface area contributed by atoms with Crippen LogP contribution in [0.15, 0.2) is 40.7 Å². The van der Waals surface area contributed by atoms with Gasteiger partial charge in [-0.25, -0.2) is 4.99 Å². The molecule has 0 saturated carbocycles. The zero-order valence-corrected chi connectivity index (χ0v) is 19.1. The summed E-state index contributed by atoms with van der Waals surface area (Å²) in [5.74, 6) is 1.38. The number of alkyl halides is 3. The molecular formula is C23H28ClF3N4. The molecule has 168 valence electrons. The number of allylic oxidation sites excluding steroid dienone is 2. The van der Waals surface area contributed by atoms with E-state index in [1.165, 1.54) is 6.07 Å². The van der Waals surface area contributed by atoms with E-state index in [9.17, 15) is 13.2 Å². The number of piperazine rings is 1. The second-order valence-corrected chi connectivity index (χ2v) is 9.11. The van der Waals surface area contributed by atoms with Crippen LogP contribution in [-0.4, -0.2) is 48.9 Å². The van der Waals surface area contributed by atoms with Gasteiger partial charge in [0.2, 0.25) is 0 Å². The van der Waals surface area contributed by atoms with Crippen LogP contribution in [-0.2, 0) is 6.18 Å². The lowest BCUT2D eigenvalue weighted by atomic mass is 9.86. The number of hydrogen-bond donors (Lipinski definition) is 0. The minimum atomic E-state index is -4.53. The van der Waals surface area contributed by atoms with Crippen LogP contribution >= 0.6 is 11.6 Å². The number of anilines is 1. The maximum absolute atomic E-state index is 13.6. The van der Waals surface area contributed by atoms with Crippen molar-refractivity contribution in [3.8, 4) is 0 Å². The summed E-state index contributed by atoms with van der Waals surface area (Å²) in [6, 6.07) is 2.48.